The van der Waals surface area contributed by atoms with E-state index in [1.807, 2.05) is 0 Å². The van der Waals surface area contributed by atoms with Crippen LogP contribution in [0.4, 0.5) is 0 Å². The lowest BCUT2D eigenvalue weighted by molar-refractivity contribution is -0.139. The summed E-state index contributed by atoms with van der Waals surface area (Å²) < 4.78 is 9.96. The maximum atomic E-state index is 11.3. The first-order valence-corrected chi connectivity index (χ1v) is 4.96. The van der Waals surface area contributed by atoms with Crippen molar-refractivity contribution in [3.63, 3.8) is 0 Å². The third-order valence-corrected chi connectivity index (χ3v) is 3.46. The summed E-state index contributed by atoms with van der Waals surface area (Å²) in [6, 6.07) is 0. The quantitative estimate of drug-likeness (QED) is 0.641. The number of carboxylic acids is 1. The molecule has 1 unspecified atom stereocenters. The third kappa shape index (κ3) is 3.14. The monoisotopic (exact) mass is 207 g/mol. The Kier molecular flexibility index (Phi) is 4.06. The number of rotatable bonds is 4. The lowest BCUT2D eigenvalue weighted by Crippen LogP contribution is -2.40. The SMILES string of the molecule is CNC(=O)CS(=O)C(C)(C)C(=O)O. The number of hydrogen-bond donors (Lipinski definition) is 2. The summed E-state index contributed by atoms with van der Waals surface area (Å²) in [6.07, 6.45) is 0. The van der Waals surface area contributed by atoms with Crippen molar-refractivity contribution in [3.05, 3.63) is 0 Å². The molecule has 13 heavy (non-hydrogen) atoms. The molecule has 0 rings (SSSR count). The number of aliphatic carboxylic acids is 1. The molecular formula is C7H13NO4S. The highest BCUT2D eigenvalue weighted by Gasteiger charge is 2.35. The fourth-order valence-corrected chi connectivity index (χ4v) is 1.41. The van der Waals surface area contributed by atoms with E-state index in [9.17, 15) is 13.8 Å². The van der Waals surface area contributed by atoms with E-state index in [4.69, 9.17) is 5.11 Å². The summed E-state index contributed by atoms with van der Waals surface area (Å²) in [5, 5.41) is 11.0. The number of carboxylic acid groups (broad SMARTS) is 1. The number of carbonyl (C=O) groups is 2. The molecule has 76 valence electrons. The molecule has 5 nitrogen and oxygen atoms in total. The molecule has 0 aliphatic carbocycles. The van der Waals surface area contributed by atoms with E-state index in [2.05, 4.69) is 5.32 Å². The minimum Gasteiger partial charge on any atom is -0.480 e. The number of nitrogens with one attached hydrogen (secondary N) is 1. The zero-order chi connectivity index (χ0) is 10.6. The molecule has 0 aromatic rings. The minimum absolute atomic E-state index is 0.282. The molecule has 0 bridgehead atoms. The predicted octanol–water partition coefficient (Wildman–Crippen LogP) is -0.656. The van der Waals surface area contributed by atoms with Crippen LogP contribution in [0, 0.1) is 0 Å². The topological polar surface area (TPSA) is 83.5 Å². The van der Waals surface area contributed by atoms with Crippen molar-refractivity contribution in [1.82, 2.24) is 5.32 Å². The van der Waals surface area contributed by atoms with E-state index in [0.717, 1.165) is 0 Å². The van der Waals surface area contributed by atoms with Gasteiger partial charge in [-0.3, -0.25) is 13.8 Å². The molecule has 1 atom stereocenters. The number of amides is 1. The molecule has 0 spiro atoms. The minimum atomic E-state index is -1.70. The maximum Gasteiger partial charge on any atom is 0.321 e. The lowest BCUT2D eigenvalue weighted by atomic mass is 10.2. The normalized spacial score (nSPS) is 13.5. The predicted molar refractivity (Wildman–Crippen MR) is 48.8 cm³/mol. The van der Waals surface area contributed by atoms with Gasteiger partial charge in [-0.2, -0.15) is 0 Å². The first-order valence-electron chi connectivity index (χ1n) is 3.64. The van der Waals surface area contributed by atoms with Crippen molar-refractivity contribution in [2.45, 2.75) is 18.6 Å². The molecule has 0 aromatic heterocycles. The first-order chi connectivity index (χ1) is 5.82. The largest absolute Gasteiger partial charge is 0.480 e. The highest BCUT2D eigenvalue weighted by atomic mass is 32.2. The Morgan fingerprint density at radius 1 is 1.46 bits per heavy atom. The van der Waals surface area contributed by atoms with Gasteiger partial charge in [0.2, 0.25) is 5.91 Å². The van der Waals surface area contributed by atoms with Gasteiger partial charge >= 0.3 is 5.97 Å². The van der Waals surface area contributed by atoms with Gasteiger partial charge in [-0.15, -0.1) is 0 Å². The van der Waals surface area contributed by atoms with Gasteiger partial charge < -0.3 is 10.4 Å². The maximum absolute atomic E-state index is 11.3. The van der Waals surface area contributed by atoms with Crippen LogP contribution in [0.3, 0.4) is 0 Å². The summed E-state index contributed by atoms with van der Waals surface area (Å²) in [7, 11) is -0.292. The summed E-state index contributed by atoms with van der Waals surface area (Å²) in [4.78, 5) is 21.4. The van der Waals surface area contributed by atoms with Crippen LogP contribution >= 0.6 is 0 Å². The highest BCUT2D eigenvalue weighted by molar-refractivity contribution is 7.87. The molecule has 0 aliphatic heterocycles. The molecule has 0 fully saturated rings. The standard InChI is InChI=1S/C7H13NO4S/c1-7(2,6(10)11)13(12)4-5(9)8-3/h4H2,1-3H3,(H,8,9)(H,10,11). The van der Waals surface area contributed by atoms with Crippen LogP contribution in [-0.4, -0.2) is 38.7 Å². The Balaban J connectivity index is 4.43. The van der Waals surface area contributed by atoms with E-state index >= 15 is 0 Å². The molecule has 0 radical (unpaired) electrons. The average Bonchev–Trinajstić information content (AvgIpc) is 2.03. The third-order valence-electron chi connectivity index (χ3n) is 1.63. The van der Waals surface area contributed by atoms with Crippen molar-refractivity contribution >= 4 is 22.7 Å². The van der Waals surface area contributed by atoms with Gasteiger partial charge in [0.1, 0.15) is 10.5 Å². The van der Waals surface area contributed by atoms with Gasteiger partial charge in [-0.05, 0) is 13.8 Å². The van der Waals surface area contributed by atoms with Gasteiger partial charge in [0.05, 0.1) is 0 Å². The number of carbonyl (C=O) groups excluding carboxylic acids is 1. The molecule has 0 saturated heterocycles. The second-order valence-electron chi connectivity index (χ2n) is 2.98. The molecular weight excluding hydrogens is 194 g/mol. The smallest absolute Gasteiger partial charge is 0.321 e. The first kappa shape index (κ1) is 12.1. The van der Waals surface area contributed by atoms with Crippen molar-refractivity contribution < 1.29 is 18.9 Å². The van der Waals surface area contributed by atoms with Crippen LogP contribution in [0.1, 0.15) is 13.8 Å². The molecule has 2 N–H and O–H groups in total. The molecule has 0 heterocycles. The van der Waals surface area contributed by atoms with Gasteiger partial charge in [-0.25, -0.2) is 0 Å². The van der Waals surface area contributed by atoms with Crippen LogP contribution in [0.5, 0.6) is 0 Å². The van der Waals surface area contributed by atoms with Crippen molar-refractivity contribution in [3.8, 4) is 0 Å². The average molecular weight is 207 g/mol. The lowest BCUT2D eigenvalue weighted by Gasteiger charge is -2.17. The molecule has 0 aromatic carbocycles. The van der Waals surface area contributed by atoms with Crippen LogP contribution in [-0.2, 0) is 20.4 Å². The fourth-order valence-electron chi connectivity index (χ4n) is 0.469. The van der Waals surface area contributed by atoms with Crippen molar-refractivity contribution in [2.75, 3.05) is 12.8 Å². The Hall–Kier alpha value is -0.910. The van der Waals surface area contributed by atoms with Crippen LogP contribution in [0.25, 0.3) is 0 Å². The summed E-state index contributed by atoms with van der Waals surface area (Å²) in [5.41, 5.74) is 0. The summed E-state index contributed by atoms with van der Waals surface area (Å²) >= 11 is 0. The van der Waals surface area contributed by atoms with E-state index in [1.54, 1.807) is 0 Å². The number of hydrogen-bond acceptors (Lipinski definition) is 3. The van der Waals surface area contributed by atoms with E-state index in [-0.39, 0.29) is 5.75 Å². The Morgan fingerprint density at radius 3 is 2.23 bits per heavy atom. The zero-order valence-electron chi connectivity index (χ0n) is 7.79. The zero-order valence-corrected chi connectivity index (χ0v) is 8.60. The molecule has 0 aliphatic rings. The van der Waals surface area contributed by atoms with Crippen LogP contribution < -0.4 is 5.32 Å². The Morgan fingerprint density at radius 2 is 1.92 bits per heavy atom. The molecule has 1 amide bonds. The van der Waals surface area contributed by atoms with E-state index in [0.29, 0.717) is 0 Å². The van der Waals surface area contributed by atoms with Gasteiger partial charge in [0, 0.05) is 17.8 Å². The molecule has 0 saturated carbocycles. The summed E-state index contributed by atoms with van der Waals surface area (Å²) in [6.45, 7) is 2.66. The van der Waals surface area contributed by atoms with Crippen LogP contribution in [0.2, 0.25) is 0 Å². The Labute approximate surface area is 79.0 Å². The fraction of sp³-hybridized carbons (Fsp3) is 0.714. The van der Waals surface area contributed by atoms with Gasteiger partial charge in [-0.1, -0.05) is 0 Å². The van der Waals surface area contributed by atoms with Gasteiger partial charge in [0.25, 0.3) is 0 Å². The van der Waals surface area contributed by atoms with E-state index < -0.39 is 27.4 Å². The Bertz CT molecular complexity index is 249. The second kappa shape index (κ2) is 4.36. The second-order valence-corrected chi connectivity index (χ2v) is 4.98. The van der Waals surface area contributed by atoms with Gasteiger partial charge in [0.15, 0.2) is 0 Å². The van der Waals surface area contributed by atoms with Crippen LogP contribution in [0.15, 0.2) is 0 Å². The van der Waals surface area contributed by atoms with Crippen molar-refractivity contribution in [1.29, 1.82) is 0 Å². The summed E-state index contributed by atoms with van der Waals surface area (Å²) in [5.74, 6) is -1.88. The highest BCUT2D eigenvalue weighted by Crippen LogP contribution is 2.12. The molecule has 6 heteroatoms. The van der Waals surface area contributed by atoms with E-state index in [1.165, 1.54) is 20.9 Å². The van der Waals surface area contributed by atoms with Crippen molar-refractivity contribution in [2.24, 2.45) is 0 Å².